The van der Waals surface area contributed by atoms with Crippen molar-refractivity contribution in [3.8, 4) is 17.1 Å². The van der Waals surface area contributed by atoms with Crippen LogP contribution in [0.25, 0.3) is 11.4 Å². The average Bonchev–Trinajstić information content (AvgIpc) is 2.73. The van der Waals surface area contributed by atoms with Gasteiger partial charge in [-0.3, -0.25) is 9.59 Å². The van der Waals surface area contributed by atoms with Crippen molar-refractivity contribution in [3.05, 3.63) is 81.5 Å². The zero-order chi connectivity index (χ0) is 24.2. The van der Waals surface area contributed by atoms with Gasteiger partial charge in [0.15, 0.2) is 11.6 Å². The van der Waals surface area contributed by atoms with Crippen LogP contribution < -0.4 is 15.6 Å². The predicted octanol–water partition coefficient (Wildman–Crippen LogP) is 3.90. The Morgan fingerprint density at radius 3 is 2.58 bits per heavy atom. The standard InChI is InChI=1S/C22H19F4N3O4/c1-12-4-3-5-14(8-12)20-27-16(10-19(30)29-20)21(31)28-17(11-32-2)13-6-7-18(15(23)9-13)33-22(24,25)26/h3-10,17H,11H2,1-2H3,(H,28,31)(H,27,29,30)/t17-/m1/s1. The van der Waals surface area contributed by atoms with Crippen molar-refractivity contribution in [1.82, 2.24) is 15.3 Å². The highest BCUT2D eigenvalue weighted by molar-refractivity contribution is 5.92. The van der Waals surface area contributed by atoms with Crippen molar-refractivity contribution in [3.63, 3.8) is 0 Å². The van der Waals surface area contributed by atoms with Crippen molar-refractivity contribution >= 4 is 5.91 Å². The van der Waals surface area contributed by atoms with Crippen molar-refractivity contribution in [2.75, 3.05) is 13.7 Å². The molecule has 0 saturated heterocycles. The number of aryl methyl sites for hydroxylation is 1. The van der Waals surface area contributed by atoms with E-state index in [9.17, 15) is 27.2 Å². The minimum Gasteiger partial charge on any atom is -0.403 e. The molecule has 11 heteroatoms. The lowest BCUT2D eigenvalue weighted by atomic mass is 10.1. The number of aromatic nitrogens is 2. The molecule has 0 aliphatic carbocycles. The molecule has 3 rings (SSSR count). The van der Waals surface area contributed by atoms with E-state index in [1.54, 1.807) is 18.2 Å². The summed E-state index contributed by atoms with van der Waals surface area (Å²) in [4.78, 5) is 31.7. The molecule has 2 N–H and O–H groups in total. The van der Waals surface area contributed by atoms with Gasteiger partial charge in [0.25, 0.3) is 11.5 Å². The number of amides is 1. The molecule has 0 saturated carbocycles. The van der Waals surface area contributed by atoms with Crippen LogP contribution in [-0.4, -0.2) is 36.0 Å². The SMILES string of the molecule is COC[C@@H](NC(=O)c1cc(=O)[nH]c(-c2cccc(C)c2)n1)c1ccc(OC(F)(F)F)c(F)c1. The van der Waals surface area contributed by atoms with Gasteiger partial charge < -0.3 is 19.8 Å². The fourth-order valence-electron chi connectivity index (χ4n) is 3.06. The third-order valence-corrected chi connectivity index (χ3v) is 4.49. The Balaban J connectivity index is 1.87. The molecule has 1 amide bonds. The van der Waals surface area contributed by atoms with E-state index in [2.05, 4.69) is 20.0 Å². The maximum absolute atomic E-state index is 14.1. The van der Waals surface area contributed by atoms with E-state index in [4.69, 9.17) is 4.74 Å². The second-order valence-electron chi connectivity index (χ2n) is 7.07. The van der Waals surface area contributed by atoms with Gasteiger partial charge in [-0.2, -0.15) is 0 Å². The summed E-state index contributed by atoms with van der Waals surface area (Å²) in [7, 11) is 1.33. The van der Waals surface area contributed by atoms with Crippen LogP contribution in [0.3, 0.4) is 0 Å². The van der Waals surface area contributed by atoms with E-state index in [0.29, 0.717) is 5.56 Å². The van der Waals surface area contributed by atoms with Crippen LogP contribution in [0, 0.1) is 12.7 Å². The van der Waals surface area contributed by atoms with Gasteiger partial charge in [0, 0.05) is 18.7 Å². The van der Waals surface area contributed by atoms with Crippen molar-refractivity contribution in [2.24, 2.45) is 0 Å². The Morgan fingerprint density at radius 2 is 1.94 bits per heavy atom. The van der Waals surface area contributed by atoms with Crippen LogP contribution in [0.2, 0.25) is 0 Å². The zero-order valence-corrected chi connectivity index (χ0v) is 17.5. The molecule has 0 radical (unpaired) electrons. The fourth-order valence-corrected chi connectivity index (χ4v) is 3.06. The van der Waals surface area contributed by atoms with E-state index in [1.165, 1.54) is 7.11 Å². The summed E-state index contributed by atoms with van der Waals surface area (Å²) in [6.45, 7) is 1.73. The van der Waals surface area contributed by atoms with Gasteiger partial charge in [-0.05, 0) is 30.7 Å². The highest BCUT2D eigenvalue weighted by atomic mass is 19.4. The number of methoxy groups -OCH3 is 1. The van der Waals surface area contributed by atoms with Crippen LogP contribution in [0.15, 0.2) is 53.3 Å². The van der Waals surface area contributed by atoms with Gasteiger partial charge in [-0.1, -0.05) is 29.8 Å². The minimum atomic E-state index is -5.05. The Morgan fingerprint density at radius 1 is 1.18 bits per heavy atom. The van der Waals surface area contributed by atoms with Crippen LogP contribution in [0.1, 0.15) is 27.7 Å². The van der Waals surface area contributed by atoms with Crippen molar-refractivity contribution in [1.29, 1.82) is 0 Å². The largest absolute Gasteiger partial charge is 0.573 e. The van der Waals surface area contributed by atoms with Gasteiger partial charge in [0.05, 0.1) is 12.6 Å². The summed E-state index contributed by atoms with van der Waals surface area (Å²) in [6.07, 6.45) is -5.05. The van der Waals surface area contributed by atoms with Crippen LogP contribution in [0.5, 0.6) is 5.75 Å². The quantitative estimate of drug-likeness (QED) is 0.517. The fraction of sp³-hybridized carbons (Fsp3) is 0.227. The molecule has 7 nitrogen and oxygen atoms in total. The number of hydrogen-bond donors (Lipinski definition) is 2. The third-order valence-electron chi connectivity index (χ3n) is 4.49. The van der Waals surface area contributed by atoms with Crippen molar-refractivity contribution < 1.29 is 31.8 Å². The number of nitrogens with one attached hydrogen (secondary N) is 2. The number of nitrogens with zero attached hydrogens (tertiary/aromatic N) is 1. The summed E-state index contributed by atoms with van der Waals surface area (Å²) in [6, 6.07) is 9.94. The smallest absolute Gasteiger partial charge is 0.403 e. The topological polar surface area (TPSA) is 93.3 Å². The maximum Gasteiger partial charge on any atom is 0.573 e. The first-order chi connectivity index (χ1) is 15.6. The molecular formula is C22H19F4N3O4. The Bertz CT molecular complexity index is 1210. The number of ether oxygens (including phenoxy) is 2. The first kappa shape index (κ1) is 23.9. The highest BCUT2D eigenvalue weighted by Crippen LogP contribution is 2.28. The highest BCUT2D eigenvalue weighted by Gasteiger charge is 2.32. The van der Waals surface area contributed by atoms with E-state index >= 15 is 0 Å². The number of rotatable bonds is 7. The molecule has 0 bridgehead atoms. The number of halogens is 4. The third kappa shape index (κ3) is 6.39. The molecule has 1 aromatic heterocycles. The van der Waals surface area contributed by atoms with Crippen LogP contribution in [-0.2, 0) is 4.74 Å². The van der Waals surface area contributed by atoms with Gasteiger partial charge in [-0.15, -0.1) is 13.2 Å². The molecule has 0 aliphatic heterocycles. The molecule has 1 heterocycles. The van der Waals surface area contributed by atoms with Gasteiger partial charge >= 0.3 is 6.36 Å². The first-order valence-electron chi connectivity index (χ1n) is 9.59. The Kier molecular flexibility index (Phi) is 7.12. The summed E-state index contributed by atoms with van der Waals surface area (Å²) in [5.41, 5.74) is 0.882. The molecule has 0 aliphatic rings. The van der Waals surface area contributed by atoms with Gasteiger partial charge in [-0.25, -0.2) is 9.37 Å². The number of H-pyrrole nitrogens is 1. The number of alkyl halides is 3. The number of benzene rings is 2. The normalized spacial score (nSPS) is 12.3. The number of aromatic amines is 1. The number of carbonyl (C=O) groups is 1. The number of carbonyl (C=O) groups excluding carboxylic acids is 1. The predicted molar refractivity (Wildman–Crippen MR) is 110 cm³/mol. The lowest BCUT2D eigenvalue weighted by Crippen LogP contribution is -2.33. The first-order valence-corrected chi connectivity index (χ1v) is 9.59. The van der Waals surface area contributed by atoms with E-state index in [0.717, 1.165) is 29.8 Å². The summed E-state index contributed by atoms with van der Waals surface area (Å²) in [5.74, 6) is -2.85. The monoisotopic (exact) mass is 465 g/mol. The molecule has 1 atom stereocenters. The molecule has 33 heavy (non-hydrogen) atoms. The summed E-state index contributed by atoms with van der Waals surface area (Å²) < 4.78 is 59.9. The lowest BCUT2D eigenvalue weighted by Gasteiger charge is -2.19. The number of hydrogen-bond acceptors (Lipinski definition) is 5. The second kappa shape index (κ2) is 9.82. The lowest BCUT2D eigenvalue weighted by molar-refractivity contribution is -0.275. The Hall–Kier alpha value is -3.73. The van der Waals surface area contributed by atoms with E-state index in [-0.39, 0.29) is 23.7 Å². The van der Waals surface area contributed by atoms with Crippen LogP contribution >= 0.6 is 0 Å². The molecular weight excluding hydrogens is 446 g/mol. The van der Waals surface area contributed by atoms with Gasteiger partial charge in [0.1, 0.15) is 11.5 Å². The Labute approximate surface area is 185 Å². The van der Waals surface area contributed by atoms with E-state index in [1.807, 2.05) is 13.0 Å². The molecule has 2 aromatic carbocycles. The van der Waals surface area contributed by atoms with E-state index < -0.39 is 35.4 Å². The van der Waals surface area contributed by atoms with Crippen LogP contribution in [0.4, 0.5) is 17.6 Å². The molecule has 174 valence electrons. The molecule has 0 unspecified atom stereocenters. The summed E-state index contributed by atoms with van der Waals surface area (Å²) >= 11 is 0. The second-order valence-corrected chi connectivity index (χ2v) is 7.07. The molecule has 3 aromatic rings. The molecule has 0 spiro atoms. The zero-order valence-electron chi connectivity index (χ0n) is 17.5. The summed E-state index contributed by atoms with van der Waals surface area (Å²) in [5, 5.41) is 2.55. The van der Waals surface area contributed by atoms with Gasteiger partial charge in [0.2, 0.25) is 0 Å². The minimum absolute atomic E-state index is 0.126. The maximum atomic E-state index is 14.1. The molecule has 0 fully saturated rings. The average molecular weight is 465 g/mol. The van der Waals surface area contributed by atoms with Crippen molar-refractivity contribution in [2.45, 2.75) is 19.3 Å².